The van der Waals surface area contributed by atoms with Gasteiger partial charge in [-0.05, 0) is 23.6 Å². The highest BCUT2D eigenvalue weighted by Gasteiger charge is 2.42. The molecule has 0 atom stereocenters. The van der Waals surface area contributed by atoms with Gasteiger partial charge in [0.25, 0.3) is 0 Å². The Bertz CT molecular complexity index is 163. The van der Waals surface area contributed by atoms with Crippen LogP contribution in [-0.4, -0.2) is 6.29 Å². The molecule has 0 spiro atoms. The molecule has 2 heterocycles. The summed E-state index contributed by atoms with van der Waals surface area (Å²) in [6, 6.07) is 4.04. The lowest BCUT2D eigenvalue weighted by atomic mass is 10.4. The molecule has 60 valence electrons. The van der Waals surface area contributed by atoms with Crippen LogP contribution < -0.4 is 0 Å². The molecular weight excluding hydrogens is 160 g/mol. The van der Waals surface area contributed by atoms with Crippen molar-refractivity contribution < 1.29 is 9.78 Å². The average molecular weight is 170 g/mol. The number of rotatable bonds is 1. The van der Waals surface area contributed by atoms with Crippen molar-refractivity contribution in [2.75, 3.05) is 0 Å². The maximum absolute atomic E-state index is 4.53. The third-order valence-electron chi connectivity index (χ3n) is 1.64. The molecule has 2 nitrogen and oxygen atoms in total. The van der Waals surface area contributed by atoms with Gasteiger partial charge in [-0.2, -0.15) is 21.1 Å². The fourth-order valence-corrected chi connectivity index (χ4v) is 1.24. The van der Waals surface area contributed by atoms with Crippen molar-refractivity contribution >= 4 is 11.3 Å². The van der Waals surface area contributed by atoms with E-state index in [0.717, 1.165) is 5.92 Å². The summed E-state index contributed by atoms with van der Waals surface area (Å²) in [5.74, 6) is 0.769. The summed E-state index contributed by atoms with van der Waals surface area (Å²) in [7, 11) is 0. The molecule has 1 aromatic heterocycles. The molecule has 0 radical (unpaired) electrons. The first-order valence-electron chi connectivity index (χ1n) is 3.76. The van der Waals surface area contributed by atoms with Crippen LogP contribution in [0.1, 0.15) is 12.8 Å². The number of hydrogen-bond acceptors (Lipinski definition) is 3. The largest absolute Gasteiger partial charge is 0.227 e. The van der Waals surface area contributed by atoms with Crippen molar-refractivity contribution in [3.05, 3.63) is 22.9 Å². The Hall–Kier alpha value is -0.380. The predicted octanol–water partition coefficient (Wildman–Crippen LogP) is 2.43. The molecule has 0 N–H and O–H groups in total. The summed E-state index contributed by atoms with van der Waals surface area (Å²) in [6.07, 6.45) is 2.83. The molecular formula is C8H10O2S. The zero-order chi connectivity index (χ0) is 7.52. The minimum absolute atomic E-state index is 0.213. The SMILES string of the molecule is C1CC1C1OO1.c1ccsc1. The summed E-state index contributed by atoms with van der Waals surface area (Å²) in [5, 5.41) is 4.08. The van der Waals surface area contributed by atoms with Gasteiger partial charge in [0.1, 0.15) is 0 Å². The van der Waals surface area contributed by atoms with Crippen LogP contribution in [0.15, 0.2) is 22.9 Å². The average Bonchev–Trinajstić information content (AvgIpc) is 2.90. The van der Waals surface area contributed by atoms with Crippen LogP contribution in [0.3, 0.4) is 0 Å². The fourth-order valence-electron chi connectivity index (χ4n) is 0.784. The van der Waals surface area contributed by atoms with E-state index in [2.05, 4.69) is 9.78 Å². The van der Waals surface area contributed by atoms with E-state index in [4.69, 9.17) is 0 Å². The summed E-state index contributed by atoms with van der Waals surface area (Å²) in [4.78, 5) is 9.06. The van der Waals surface area contributed by atoms with Crippen LogP contribution in [0.4, 0.5) is 0 Å². The van der Waals surface area contributed by atoms with Crippen molar-refractivity contribution in [1.29, 1.82) is 0 Å². The second-order valence-corrected chi connectivity index (χ2v) is 3.51. The van der Waals surface area contributed by atoms with Gasteiger partial charge in [-0.15, -0.1) is 0 Å². The summed E-state index contributed by atoms with van der Waals surface area (Å²) < 4.78 is 0. The molecule has 0 aromatic carbocycles. The molecule has 2 aliphatic rings. The zero-order valence-electron chi connectivity index (χ0n) is 6.10. The molecule has 1 saturated carbocycles. The molecule has 11 heavy (non-hydrogen) atoms. The number of hydrogen-bond donors (Lipinski definition) is 0. The van der Waals surface area contributed by atoms with Gasteiger partial charge in [-0.25, -0.2) is 0 Å². The Balaban J connectivity index is 0.0000000893. The van der Waals surface area contributed by atoms with Gasteiger partial charge < -0.3 is 0 Å². The van der Waals surface area contributed by atoms with Gasteiger partial charge in [0, 0.05) is 5.92 Å². The van der Waals surface area contributed by atoms with Gasteiger partial charge in [0.2, 0.25) is 6.29 Å². The first-order chi connectivity index (χ1) is 5.47. The molecule has 1 aromatic rings. The highest BCUT2D eigenvalue weighted by molar-refractivity contribution is 7.07. The van der Waals surface area contributed by atoms with Gasteiger partial charge in [0.05, 0.1) is 0 Å². The highest BCUT2D eigenvalue weighted by atomic mass is 32.1. The van der Waals surface area contributed by atoms with E-state index in [9.17, 15) is 0 Å². The second kappa shape index (κ2) is 3.34. The monoisotopic (exact) mass is 170 g/mol. The van der Waals surface area contributed by atoms with Crippen LogP contribution >= 0.6 is 11.3 Å². The molecule has 0 unspecified atom stereocenters. The zero-order valence-corrected chi connectivity index (χ0v) is 6.92. The van der Waals surface area contributed by atoms with Crippen molar-refractivity contribution in [3.8, 4) is 0 Å². The van der Waals surface area contributed by atoms with Gasteiger partial charge in [-0.3, -0.25) is 0 Å². The summed E-state index contributed by atoms with van der Waals surface area (Å²) >= 11 is 1.71. The Labute approximate surface area is 69.7 Å². The van der Waals surface area contributed by atoms with E-state index in [0.29, 0.717) is 0 Å². The van der Waals surface area contributed by atoms with Crippen LogP contribution in [-0.2, 0) is 9.78 Å². The third-order valence-corrected chi connectivity index (χ3v) is 2.27. The first-order valence-corrected chi connectivity index (χ1v) is 4.70. The molecule has 3 heteroatoms. The van der Waals surface area contributed by atoms with Gasteiger partial charge >= 0.3 is 0 Å². The normalized spacial score (nSPS) is 22.2. The standard InChI is InChI=1S/C4H6O2.C4H4S/c1-2-3(1)4-5-6-4;1-2-4-5-3-1/h3-4H,1-2H2;1-4H. The first kappa shape index (κ1) is 7.28. The lowest BCUT2D eigenvalue weighted by Crippen LogP contribution is -1.81. The van der Waals surface area contributed by atoms with E-state index in [1.54, 1.807) is 11.3 Å². The smallest absolute Gasteiger partial charge is 0.198 e. The maximum atomic E-state index is 4.53. The maximum Gasteiger partial charge on any atom is 0.227 e. The summed E-state index contributed by atoms with van der Waals surface area (Å²) in [5.41, 5.74) is 0. The molecule has 1 aliphatic heterocycles. The minimum atomic E-state index is 0.213. The molecule has 3 rings (SSSR count). The Morgan fingerprint density at radius 2 is 1.73 bits per heavy atom. The van der Waals surface area contributed by atoms with Crippen molar-refractivity contribution in [1.82, 2.24) is 0 Å². The molecule has 2 fully saturated rings. The van der Waals surface area contributed by atoms with Crippen LogP contribution in [0.25, 0.3) is 0 Å². The molecule has 0 bridgehead atoms. The molecule has 0 amide bonds. The topological polar surface area (TPSA) is 25.1 Å². The van der Waals surface area contributed by atoms with E-state index < -0.39 is 0 Å². The van der Waals surface area contributed by atoms with Crippen LogP contribution in [0.2, 0.25) is 0 Å². The van der Waals surface area contributed by atoms with Gasteiger partial charge in [-0.1, -0.05) is 12.1 Å². The van der Waals surface area contributed by atoms with Crippen molar-refractivity contribution in [2.24, 2.45) is 5.92 Å². The van der Waals surface area contributed by atoms with E-state index in [1.807, 2.05) is 22.9 Å². The molecule has 1 aliphatic carbocycles. The lowest BCUT2D eigenvalue weighted by molar-refractivity contribution is 0.0850. The minimum Gasteiger partial charge on any atom is -0.198 e. The fraction of sp³-hybridized carbons (Fsp3) is 0.500. The van der Waals surface area contributed by atoms with Crippen molar-refractivity contribution in [3.63, 3.8) is 0 Å². The van der Waals surface area contributed by atoms with Crippen LogP contribution in [0, 0.1) is 5.92 Å². The Morgan fingerprint density at radius 3 is 1.91 bits per heavy atom. The number of thiophene rings is 1. The summed E-state index contributed by atoms with van der Waals surface area (Å²) in [6.45, 7) is 0. The van der Waals surface area contributed by atoms with Gasteiger partial charge in [0.15, 0.2) is 0 Å². The predicted molar refractivity (Wildman–Crippen MR) is 43.0 cm³/mol. The van der Waals surface area contributed by atoms with E-state index in [-0.39, 0.29) is 6.29 Å². The Morgan fingerprint density at radius 1 is 1.09 bits per heavy atom. The lowest BCUT2D eigenvalue weighted by Gasteiger charge is -1.67. The third kappa shape index (κ3) is 2.61. The van der Waals surface area contributed by atoms with E-state index >= 15 is 0 Å². The molecule has 1 saturated heterocycles. The highest BCUT2D eigenvalue weighted by Crippen LogP contribution is 2.40. The second-order valence-electron chi connectivity index (χ2n) is 2.69. The Kier molecular flexibility index (Phi) is 2.21. The van der Waals surface area contributed by atoms with E-state index in [1.165, 1.54) is 12.8 Å². The van der Waals surface area contributed by atoms with Crippen LogP contribution in [0.5, 0.6) is 0 Å². The van der Waals surface area contributed by atoms with Crippen molar-refractivity contribution in [2.45, 2.75) is 19.1 Å². The quantitative estimate of drug-likeness (QED) is 0.477.